The van der Waals surface area contributed by atoms with Gasteiger partial charge in [-0.3, -0.25) is 4.79 Å². The van der Waals surface area contributed by atoms with Gasteiger partial charge in [0.2, 0.25) is 11.8 Å². The van der Waals surface area contributed by atoms with Crippen LogP contribution in [0.3, 0.4) is 0 Å². The van der Waals surface area contributed by atoms with Gasteiger partial charge in [-0.05, 0) is 56.4 Å². The van der Waals surface area contributed by atoms with Gasteiger partial charge in [0.1, 0.15) is 0 Å². The van der Waals surface area contributed by atoms with E-state index in [0.29, 0.717) is 31.3 Å². The normalized spacial score (nSPS) is 18.4. The minimum atomic E-state index is -0.188. The first kappa shape index (κ1) is 22.8. The van der Waals surface area contributed by atoms with Crippen molar-refractivity contribution >= 4 is 17.6 Å². The van der Waals surface area contributed by atoms with Crippen molar-refractivity contribution in [2.75, 3.05) is 25.0 Å². The summed E-state index contributed by atoms with van der Waals surface area (Å²) in [5.74, 6) is 1.51. The number of carbonyl (C=O) groups excluding carboxylic acids is 2. The van der Waals surface area contributed by atoms with E-state index in [1.807, 2.05) is 45.9 Å². The van der Waals surface area contributed by atoms with Crippen molar-refractivity contribution in [1.82, 2.24) is 20.4 Å². The number of nitrogens with one attached hydrogen (secondary N) is 2. The summed E-state index contributed by atoms with van der Waals surface area (Å²) in [7, 11) is 0. The number of urea groups is 1. The summed E-state index contributed by atoms with van der Waals surface area (Å²) in [6.07, 6.45) is 2.62. The summed E-state index contributed by atoms with van der Waals surface area (Å²) in [6, 6.07) is 5.67. The first-order valence-corrected chi connectivity index (χ1v) is 11.1. The van der Waals surface area contributed by atoms with Gasteiger partial charge in [0.05, 0.1) is 0 Å². The lowest BCUT2D eigenvalue weighted by atomic mass is 9.99. The first-order chi connectivity index (χ1) is 14.8. The van der Waals surface area contributed by atoms with Crippen molar-refractivity contribution in [1.29, 1.82) is 0 Å². The molecule has 2 heterocycles. The van der Waals surface area contributed by atoms with Crippen LogP contribution in [0, 0.1) is 13.8 Å². The third-order valence-corrected chi connectivity index (χ3v) is 5.77. The number of anilines is 1. The lowest BCUT2D eigenvalue weighted by Gasteiger charge is -2.23. The molecule has 8 heteroatoms. The Labute approximate surface area is 183 Å². The van der Waals surface area contributed by atoms with Crippen molar-refractivity contribution < 1.29 is 14.1 Å². The molecule has 0 bridgehead atoms. The summed E-state index contributed by atoms with van der Waals surface area (Å²) in [5, 5.41) is 9.99. The molecule has 1 fully saturated rings. The van der Waals surface area contributed by atoms with E-state index in [0.717, 1.165) is 30.5 Å². The van der Waals surface area contributed by atoms with Crippen LogP contribution in [-0.4, -0.2) is 46.6 Å². The van der Waals surface area contributed by atoms with Gasteiger partial charge >= 0.3 is 6.03 Å². The maximum absolute atomic E-state index is 12.9. The fourth-order valence-corrected chi connectivity index (χ4v) is 3.61. The third-order valence-electron chi connectivity index (χ3n) is 5.77. The van der Waals surface area contributed by atoms with Crippen LogP contribution in [0.5, 0.6) is 0 Å². The molecule has 0 spiro atoms. The molecule has 2 aromatic rings. The van der Waals surface area contributed by atoms with Crippen molar-refractivity contribution in [3.8, 4) is 0 Å². The number of aryl methyl sites for hydroxylation is 2. The molecule has 168 valence electrons. The van der Waals surface area contributed by atoms with E-state index in [2.05, 4.69) is 20.8 Å². The van der Waals surface area contributed by atoms with Crippen LogP contribution >= 0.6 is 0 Å². The predicted molar refractivity (Wildman–Crippen MR) is 119 cm³/mol. The Morgan fingerprint density at radius 1 is 1.23 bits per heavy atom. The average molecular weight is 428 g/mol. The molecule has 0 saturated carbocycles. The molecule has 1 atom stereocenters. The second-order valence-corrected chi connectivity index (χ2v) is 8.59. The van der Waals surface area contributed by atoms with Gasteiger partial charge in [0.25, 0.3) is 0 Å². The molecule has 3 rings (SSSR count). The van der Waals surface area contributed by atoms with Crippen LogP contribution in [0.2, 0.25) is 0 Å². The highest BCUT2D eigenvalue weighted by Gasteiger charge is 2.23. The number of nitrogens with zero attached hydrogens (tertiary/aromatic N) is 3. The lowest BCUT2D eigenvalue weighted by Crippen LogP contribution is -2.38. The predicted octanol–water partition coefficient (Wildman–Crippen LogP) is 4.12. The van der Waals surface area contributed by atoms with E-state index < -0.39 is 0 Å². The van der Waals surface area contributed by atoms with Crippen molar-refractivity contribution in [2.24, 2.45) is 0 Å². The largest absolute Gasteiger partial charge is 0.356 e. The SMILES string of the molecule is Cc1ccc(NC(=O)N2CCCC(c3nc(C(C)C)no3)CCNC(=O)CC2)cc1C. The molecular formula is C23H33N5O3. The molecule has 2 N–H and O–H groups in total. The lowest BCUT2D eigenvalue weighted by molar-refractivity contribution is -0.121. The second-order valence-electron chi connectivity index (χ2n) is 8.59. The Balaban J connectivity index is 1.67. The highest BCUT2D eigenvalue weighted by Crippen LogP contribution is 2.25. The summed E-state index contributed by atoms with van der Waals surface area (Å²) < 4.78 is 5.50. The van der Waals surface area contributed by atoms with Crippen LogP contribution in [0.1, 0.15) is 74.2 Å². The zero-order chi connectivity index (χ0) is 22.4. The smallest absolute Gasteiger partial charge is 0.321 e. The van der Waals surface area contributed by atoms with Crippen LogP contribution < -0.4 is 10.6 Å². The van der Waals surface area contributed by atoms with Gasteiger partial charge in [-0.15, -0.1) is 0 Å². The van der Waals surface area contributed by atoms with E-state index in [-0.39, 0.29) is 30.2 Å². The molecule has 31 heavy (non-hydrogen) atoms. The fourth-order valence-electron chi connectivity index (χ4n) is 3.61. The zero-order valence-electron chi connectivity index (χ0n) is 18.9. The summed E-state index contributed by atoms with van der Waals surface area (Å²) >= 11 is 0. The monoisotopic (exact) mass is 427 g/mol. The molecule has 0 aliphatic carbocycles. The van der Waals surface area contributed by atoms with E-state index in [4.69, 9.17) is 4.52 Å². The molecule has 3 amide bonds. The highest BCUT2D eigenvalue weighted by molar-refractivity contribution is 5.89. The standard InChI is InChI=1S/C23H33N5O3/c1-15(2)21-26-22(31-27-21)18-6-5-12-28(13-10-20(29)24-11-9-18)23(30)25-19-8-7-16(3)17(4)14-19/h7-8,14-15,18H,5-6,9-13H2,1-4H3,(H,24,29)(H,25,30). The van der Waals surface area contributed by atoms with Gasteiger partial charge in [-0.1, -0.05) is 25.1 Å². The van der Waals surface area contributed by atoms with Crippen molar-refractivity contribution in [3.63, 3.8) is 0 Å². The molecule has 1 aliphatic heterocycles. The van der Waals surface area contributed by atoms with Crippen LogP contribution in [0.15, 0.2) is 22.7 Å². The minimum Gasteiger partial charge on any atom is -0.356 e. The average Bonchev–Trinajstić information content (AvgIpc) is 3.20. The Hall–Kier alpha value is -2.90. The maximum Gasteiger partial charge on any atom is 0.321 e. The zero-order valence-corrected chi connectivity index (χ0v) is 18.9. The van der Waals surface area contributed by atoms with Gasteiger partial charge in [-0.25, -0.2) is 4.79 Å². The van der Waals surface area contributed by atoms with Gasteiger partial charge in [-0.2, -0.15) is 4.98 Å². The number of benzene rings is 1. The number of amides is 3. The van der Waals surface area contributed by atoms with Crippen LogP contribution in [0.25, 0.3) is 0 Å². The molecule has 1 aromatic carbocycles. The quantitative estimate of drug-likeness (QED) is 0.767. The van der Waals surface area contributed by atoms with Gasteiger partial charge < -0.3 is 20.1 Å². The number of carbonyl (C=O) groups is 2. The summed E-state index contributed by atoms with van der Waals surface area (Å²) in [5.41, 5.74) is 3.06. The summed E-state index contributed by atoms with van der Waals surface area (Å²) in [6.45, 7) is 9.60. The summed E-state index contributed by atoms with van der Waals surface area (Å²) in [4.78, 5) is 31.4. The molecule has 1 unspecified atom stereocenters. The second kappa shape index (κ2) is 10.4. The van der Waals surface area contributed by atoms with Gasteiger partial charge in [0.15, 0.2) is 5.82 Å². The Morgan fingerprint density at radius 2 is 2.03 bits per heavy atom. The van der Waals surface area contributed by atoms with Crippen LogP contribution in [-0.2, 0) is 4.79 Å². The topological polar surface area (TPSA) is 100 Å². The van der Waals surface area contributed by atoms with E-state index in [9.17, 15) is 9.59 Å². The highest BCUT2D eigenvalue weighted by atomic mass is 16.5. The first-order valence-electron chi connectivity index (χ1n) is 11.1. The molecule has 8 nitrogen and oxygen atoms in total. The molecule has 1 aliphatic rings. The number of rotatable bonds is 3. The van der Waals surface area contributed by atoms with E-state index >= 15 is 0 Å². The Morgan fingerprint density at radius 3 is 2.74 bits per heavy atom. The van der Waals surface area contributed by atoms with E-state index in [1.54, 1.807) is 4.90 Å². The van der Waals surface area contributed by atoms with Crippen LogP contribution in [0.4, 0.5) is 10.5 Å². The number of aromatic nitrogens is 2. The molecule has 0 radical (unpaired) electrons. The number of hydrogen-bond donors (Lipinski definition) is 2. The fraction of sp³-hybridized carbons (Fsp3) is 0.565. The van der Waals surface area contributed by atoms with Gasteiger partial charge in [0, 0.05) is 43.6 Å². The van der Waals surface area contributed by atoms with Crippen molar-refractivity contribution in [2.45, 2.75) is 65.2 Å². The van der Waals surface area contributed by atoms with Crippen molar-refractivity contribution in [3.05, 3.63) is 41.0 Å². The molecule has 1 aromatic heterocycles. The Bertz CT molecular complexity index is 908. The molecular weight excluding hydrogens is 394 g/mol. The van der Waals surface area contributed by atoms with E-state index in [1.165, 1.54) is 5.56 Å². The molecule has 1 saturated heterocycles. The Kier molecular flexibility index (Phi) is 7.65. The number of hydrogen-bond acceptors (Lipinski definition) is 5. The maximum atomic E-state index is 12.9. The third kappa shape index (κ3) is 6.29. The minimum absolute atomic E-state index is 0.0574.